The normalized spacial score (nSPS) is 11.9. The van der Waals surface area contributed by atoms with E-state index < -0.39 is 31.6 Å². The van der Waals surface area contributed by atoms with Gasteiger partial charge in [-0.1, -0.05) is 0 Å². The molecular weight excluding hydrogens is 409 g/mol. The second kappa shape index (κ2) is 6.90. The first kappa shape index (κ1) is 14.4. The third-order valence-corrected chi connectivity index (χ3v) is 5.88. The van der Waals surface area contributed by atoms with Crippen LogP contribution in [0.2, 0.25) is 0 Å². The molecule has 7 heteroatoms. The summed E-state index contributed by atoms with van der Waals surface area (Å²) in [5.74, 6) is 0. The average Bonchev–Trinajstić information content (AvgIpc) is 2.25. The molecule has 92 valence electrons. The van der Waals surface area contributed by atoms with Crippen LogP contribution in [-0.4, -0.2) is 12.8 Å². The topological polar surface area (TPSA) is 55.4 Å². The van der Waals surface area contributed by atoms with Crippen LogP contribution in [0.25, 0.3) is 0 Å². The van der Waals surface area contributed by atoms with Crippen molar-refractivity contribution in [3.8, 4) is 0 Å². The molecule has 0 fully saturated rings. The van der Waals surface area contributed by atoms with Gasteiger partial charge in [-0.2, -0.15) is 0 Å². The molecule has 0 aliphatic rings. The van der Waals surface area contributed by atoms with E-state index in [9.17, 15) is 8.42 Å². The van der Waals surface area contributed by atoms with Crippen LogP contribution in [0.4, 0.5) is 0 Å². The van der Waals surface area contributed by atoms with Gasteiger partial charge in [0, 0.05) is 0 Å². The predicted octanol–water partition coefficient (Wildman–Crippen LogP) is 2.69. The Kier molecular flexibility index (Phi) is 6.19. The Bertz CT molecular complexity index is 421. The van der Waals surface area contributed by atoms with Gasteiger partial charge >= 0.3 is 115 Å². The first-order valence-electron chi connectivity index (χ1n) is 4.62. The summed E-state index contributed by atoms with van der Waals surface area (Å²) < 4.78 is 30.1. The fourth-order valence-corrected chi connectivity index (χ4v) is 3.74. The standard InChI is InChI=1S/C9H13BrINO3S/c1-2-7-11-15-12-16(13,14)9-5-3-8(10)4-6-9/h3-6,11-12H,2,7H2,1H3. The zero-order chi connectivity index (χ0) is 12.0. The molecule has 0 spiro atoms. The maximum atomic E-state index is 11.7. The van der Waals surface area contributed by atoms with Gasteiger partial charge in [0.25, 0.3) is 0 Å². The van der Waals surface area contributed by atoms with Crippen LogP contribution in [0.1, 0.15) is 13.3 Å². The van der Waals surface area contributed by atoms with E-state index in [2.05, 4.69) is 20.8 Å². The average molecular weight is 422 g/mol. The molecule has 1 rings (SSSR count). The molecule has 16 heavy (non-hydrogen) atoms. The molecule has 1 N–H and O–H groups in total. The molecule has 1 aromatic rings. The van der Waals surface area contributed by atoms with E-state index in [-0.39, 0.29) is 4.90 Å². The van der Waals surface area contributed by atoms with Crippen molar-refractivity contribution in [1.82, 2.24) is 4.89 Å². The third kappa shape index (κ3) is 4.66. The SMILES string of the molecule is CCC[IH]ONS(=O)(=O)c1ccc(Br)cc1. The molecule has 0 saturated heterocycles. The van der Waals surface area contributed by atoms with E-state index in [0.717, 1.165) is 15.3 Å². The summed E-state index contributed by atoms with van der Waals surface area (Å²) in [6.07, 6.45) is 1.02. The van der Waals surface area contributed by atoms with Crippen molar-refractivity contribution >= 4 is 47.6 Å². The van der Waals surface area contributed by atoms with Crippen molar-refractivity contribution in [3.05, 3.63) is 28.7 Å². The minimum absolute atomic E-state index is 0.208. The minimum atomic E-state index is -3.52. The molecule has 0 radical (unpaired) electrons. The molecule has 0 aromatic heterocycles. The van der Waals surface area contributed by atoms with Crippen molar-refractivity contribution in [3.63, 3.8) is 0 Å². The summed E-state index contributed by atoms with van der Waals surface area (Å²) in [5, 5.41) is 0. The fraction of sp³-hybridized carbons (Fsp3) is 0.333. The van der Waals surface area contributed by atoms with Crippen LogP contribution in [0.15, 0.2) is 33.6 Å². The van der Waals surface area contributed by atoms with Crippen molar-refractivity contribution in [2.75, 3.05) is 4.43 Å². The zero-order valence-electron chi connectivity index (χ0n) is 8.64. The Balaban J connectivity index is 2.60. The predicted molar refractivity (Wildman–Crippen MR) is 76.1 cm³/mol. The van der Waals surface area contributed by atoms with Crippen LogP contribution in [0.3, 0.4) is 0 Å². The summed E-state index contributed by atoms with van der Waals surface area (Å²) in [5.41, 5.74) is 0. The van der Waals surface area contributed by atoms with Crippen LogP contribution in [-0.2, 0) is 13.2 Å². The number of alkyl halides is 1. The maximum absolute atomic E-state index is 11.7. The van der Waals surface area contributed by atoms with Gasteiger partial charge in [-0.3, -0.25) is 0 Å². The van der Waals surface area contributed by atoms with Gasteiger partial charge in [0.15, 0.2) is 0 Å². The van der Waals surface area contributed by atoms with Crippen molar-refractivity contribution < 1.29 is 11.6 Å². The monoisotopic (exact) mass is 421 g/mol. The number of hydrogen-bond acceptors (Lipinski definition) is 3. The van der Waals surface area contributed by atoms with Gasteiger partial charge in [0.05, 0.1) is 0 Å². The Hall–Kier alpha value is 0.300. The third-order valence-electron chi connectivity index (χ3n) is 1.61. The van der Waals surface area contributed by atoms with Crippen LogP contribution < -0.4 is 4.89 Å². The number of benzene rings is 1. The zero-order valence-corrected chi connectivity index (χ0v) is 13.4. The van der Waals surface area contributed by atoms with Crippen LogP contribution in [0, 0.1) is 0 Å². The number of sulfonamides is 1. The Morgan fingerprint density at radius 3 is 2.56 bits per heavy atom. The molecule has 0 unspecified atom stereocenters. The van der Waals surface area contributed by atoms with Crippen LogP contribution in [0.5, 0.6) is 0 Å². The van der Waals surface area contributed by atoms with E-state index in [1.807, 2.05) is 6.92 Å². The molecule has 0 amide bonds. The molecule has 0 saturated carbocycles. The van der Waals surface area contributed by atoms with E-state index >= 15 is 0 Å². The molecule has 0 aliphatic heterocycles. The molecule has 0 heterocycles. The molecule has 4 nitrogen and oxygen atoms in total. The first-order chi connectivity index (χ1) is 7.56. The van der Waals surface area contributed by atoms with E-state index in [0.29, 0.717) is 0 Å². The quantitative estimate of drug-likeness (QED) is 0.332. The van der Waals surface area contributed by atoms with Crippen molar-refractivity contribution in [1.29, 1.82) is 0 Å². The molecule has 0 aliphatic carbocycles. The van der Waals surface area contributed by atoms with Gasteiger partial charge in [-0.05, 0) is 0 Å². The molecule has 0 bridgehead atoms. The van der Waals surface area contributed by atoms with Gasteiger partial charge in [-0.25, -0.2) is 0 Å². The van der Waals surface area contributed by atoms with Gasteiger partial charge in [0.2, 0.25) is 0 Å². The summed E-state index contributed by atoms with van der Waals surface area (Å²) in [7, 11) is -3.52. The number of rotatable bonds is 6. The number of nitrogens with one attached hydrogen (secondary N) is 1. The van der Waals surface area contributed by atoms with Crippen molar-refractivity contribution in [2.24, 2.45) is 0 Å². The second-order valence-electron chi connectivity index (χ2n) is 2.95. The molecule has 1 aromatic carbocycles. The van der Waals surface area contributed by atoms with Gasteiger partial charge in [0.1, 0.15) is 0 Å². The Labute approximate surface area is 115 Å². The van der Waals surface area contributed by atoms with E-state index in [1.165, 1.54) is 12.1 Å². The fourth-order valence-electron chi connectivity index (χ4n) is 0.856. The summed E-state index contributed by atoms with van der Waals surface area (Å²) in [4.78, 5) is 2.35. The van der Waals surface area contributed by atoms with Crippen molar-refractivity contribution in [2.45, 2.75) is 18.2 Å². The van der Waals surface area contributed by atoms with Crippen LogP contribution >= 0.6 is 37.5 Å². The Morgan fingerprint density at radius 2 is 2.00 bits per heavy atom. The number of halogens is 2. The summed E-state index contributed by atoms with van der Waals surface area (Å²) in [6, 6.07) is 6.40. The summed E-state index contributed by atoms with van der Waals surface area (Å²) >= 11 is 2.54. The Morgan fingerprint density at radius 1 is 1.38 bits per heavy atom. The first-order valence-corrected chi connectivity index (χ1v) is 9.49. The second-order valence-corrected chi connectivity index (χ2v) is 7.82. The van der Waals surface area contributed by atoms with Gasteiger partial charge < -0.3 is 0 Å². The van der Waals surface area contributed by atoms with E-state index in [4.69, 9.17) is 3.17 Å². The molecular formula is C9H13BrINO3S. The van der Waals surface area contributed by atoms with Gasteiger partial charge in [-0.15, -0.1) is 0 Å². The number of hydrogen-bond donors (Lipinski definition) is 1. The summed E-state index contributed by atoms with van der Waals surface area (Å²) in [6.45, 7) is 2.04. The molecule has 0 atom stereocenters. The van der Waals surface area contributed by atoms with E-state index in [1.54, 1.807) is 12.1 Å².